The van der Waals surface area contributed by atoms with Gasteiger partial charge in [-0.15, -0.1) is 0 Å². The van der Waals surface area contributed by atoms with Gasteiger partial charge in [0.2, 0.25) is 0 Å². The van der Waals surface area contributed by atoms with Crippen molar-refractivity contribution in [3.05, 3.63) is 107 Å². The topological polar surface area (TPSA) is 106 Å². The summed E-state index contributed by atoms with van der Waals surface area (Å²) in [6.45, 7) is 1.70. The molecule has 0 bridgehead atoms. The first-order chi connectivity index (χ1) is 19.5. The fraction of sp³-hybridized carbons (Fsp3) is 0.207. The van der Waals surface area contributed by atoms with E-state index in [-0.39, 0.29) is 0 Å². The van der Waals surface area contributed by atoms with E-state index in [1.54, 1.807) is 17.0 Å². The van der Waals surface area contributed by atoms with E-state index in [1.165, 1.54) is 0 Å². The minimum Gasteiger partial charge on any atom is -0.374 e. The molecule has 3 aromatic heterocycles. The largest absolute Gasteiger partial charge is 0.374 e. The van der Waals surface area contributed by atoms with Crippen molar-refractivity contribution in [3.63, 3.8) is 0 Å². The highest BCUT2D eigenvalue weighted by atomic mass is 35.5. The Kier molecular flexibility index (Phi) is 7.24. The molecule has 0 spiro atoms. The summed E-state index contributed by atoms with van der Waals surface area (Å²) >= 11 is 8.16. The Labute approximate surface area is 240 Å². The van der Waals surface area contributed by atoms with E-state index in [9.17, 15) is 5.11 Å². The third kappa shape index (κ3) is 4.73. The number of hydrogen-bond donors (Lipinski definition) is 2. The maximum absolute atomic E-state index is 12.6. The van der Waals surface area contributed by atoms with Crippen molar-refractivity contribution < 1.29 is 5.11 Å². The van der Waals surface area contributed by atoms with Crippen LogP contribution in [0.4, 0.5) is 0 Å². The number of halogens is 1. The molecule has 1 atom stereocenters. The van der Waals surface area contributed by atoms with Gasteiger partial charge in [0.1, 0.15) is 0 Å². The van der Waals surface area contributed by atoms with E-state index in [4.69, 9.17) is 16.6 Å². The third-order valence-electron chi connectivity index (χ3n) is 7.03. The number of aryl methyl sites for hydroxylation is 1. The van der Waals surface area contributed by atoms with Crippen molar-refractivity contribution in [1.82, 2.24) is 39.9 Å². The lowest BCUT2D eigenvalue weighted by atomic mass is 9.82. The monoisotopic (exact) mass is 570 g/mol. The number of tetrazole rings is 1. The minimum absolute atomic E-state index is 0.374. The zero-order chi connectivity index (χ0) is 27.7. The highest BCUT2D eigenvalue weighted by Gasteiger charge is 2.37. The van der Waals surface area contributed by atoms with Gasteiger partial charge in [0.15, 0.2) is 5.60 Å². The van der Waals surface area contributed by atoms with Crippen molar-refractivity contribution in [3.8, 4) is 11.3 Å². The van der Waals surface area contributed by atoms with E-state index in [0.29, 0.717) is 27.8 Å². The summed E-state index contributed by atoms with van der Waals surface area (Å²) in [7, 11) is 1.88. The molecular formula is C29H27ClN8OS. The number of hydrogen-bond acceptors (Lipinski definition) is 8. The Bertz CT molecular complexity index is 1800. The molecule has 0 amide bonds. The van der Waals surface area contributed by atoms with E-state index in [2.05, 4.69) is 32.1 Å². The van der Waals surface area contributed by atoms with Gasteiger partial charge in [0, 0.05) is 41.9 Å². The normalized spacial score (nSPS) is 13.2. The summed E-state index contributed by atoms with van der Waals surface area (Å²) in [6, 6.07) is 21.3. The molecule has 3 aromatic carbocycles. The lowest BCUT2D eigenvalue weighted by Crippen LogP contribution is -2.31. The SMILES string of the molecule is CSCCNCc1ccc(C(O)(c2ccc3c(c2)c(-c2cccc(Cl)c2)nc2nnnn23)c2cncn2C)cc1. The number of benzene rings is 3. The summed E-state index contributed by atoms with van der Waals surface area (Å²) in [5, 5.41) is 29.5. The fourth-order valence-corrected chi connectivity index (χ4v) is 5.54. The van der Waals surface area contributed by atoms with Gasteiger partial charge >= 0.3 is 0 Å². The zero-order valence-electron chi connectivity index (χ0n) is 22.0. The fourth-order valence-electron chi connectivity index (χ4n) is 5.00. The number of nitrogens with one attached hydrogen (secondary N) is 1. The second-order valence-electron chi connectivity index (χ2n) is 9.56. The van der Waals surface area contributed by atoms with Crippen LogP contribution in [-0.4, -0.2) is 58.2 Å². The molecular weight excluding hydrogens is 544 g/mol. The first-order valence-electron chi connectivity index (χ1n) is 12.8. The number of rotatable bonds is 9. The molecule has 9 nitrogen and oxygen atoms in total. The van der Waals surface area contributed by atoms with Crippen LogP contribution in [0, 0.1) is 0 Å². The predicted molar refractivity (Wildman–Crippen MR) is 158 cm³/mol. The molecule has 6 aromatic rings. The summed E-state index contributed by atoms with van der Waals surface area (Å²) < 4.78 is 3.43. The van der Waals surface area contributed by atoms with E-state index < -0.39 is 5.60 Å². The molecule has 1 unspecified atom stereocenters. The number of fused-ring (bicyclic) bond motifs is 3. The van der Waals surface area contributed by atoms with Gasteiger partial charge in [-0.25, -0.2) is 9.97 Å². The lowest BCUT2D eigenvalue weighted by molar-refractivity contribution is 0.117. The number of aliphatic hydroxyl groups is 1. The van der Waals surface area contributed by atoms with Gasteiger partial charge in [-0.3, -0.25) is 0 Å². The van der Waals surface area contributed by atoms with Crippen molar-refractivity contribution >= 4 is 40.0 Å². The van der Waals surface area contributed by atoms with E-state index in [0.717, 1.165) is 46.4 Å². The van der Waals surface area contributed by atoms with Crippen molar-refractivity contribution in [2.75, 3.05) is 18.6 Å². The first kappa shape index (κ1) is 26.4. The first-order valence-corrected chi connectivity index (χ1v) is 14.5. The van der Waals surface area contributed by atoms with Crippen LogP contribution in [0.15, 0.2) is 79.3 Å². The number of thioether (sulfide) groups is 1. The molecule has 0 radical (unpaired) electrons. The van der Waals surface area contributed by atoms with Crippen LogP contribution in [0.3, 0.4) is 0 Å². The van der Waals surface area contributed by atoms with Gasteiger partial charge in [-0.1, -0.05) is 59.2 Å². The molecule has 6 rings (SSSR count). The summed E-state index contributed by atoms with van der Waals surface area (Å²) in [5.74, 6) is 1.43. The van der Waals surface area contributed by atoms with Crippen molar-refractivity contribution in [1.29, 1.82) is 0 Å². The minimum atomic E-state index is -1.49. The van der Waals surface area contributed by atoms with E-state index >= 15 is 0 Å². The Hall–Kier alpha value is -3.83. The Balaban J connectivity index is 1.52. The van der Waals surface area contributed by atoms with Gasteiger partial charge in [0.25, 0.3) is 5.78 Å². The quantitative estimate of drug-likeness (QED) is 0.245. The van der Waals surface area contributed by atoms with Crippen LogP contribution in [-0.2, 0) is 19.2 Å². The second-order valence-corrected chi connectivity index (χ2v) is 11.0. The maximum Gasteiger partial charge on any atom is 0.274 e. The highest BCUT2D eigenvalue weighted by molar-refractivity contribution is 7.98. The van der Waals surface area contributed by atoms with Crippen LogP contribution < -0.4 is 5.32 Å². The second kappa shape index (κ2) is 11.0. The smallest absolute Gasteiger partial charge is 0.274 e. The molecule has 0 fully saturated rings. The standard InChI is InChI=1S/C29H27ClN8OS/c1-37-18-32-17-26(37)29(39,21-8-6-19(7-9-21)16-31-12-13-40-2)22-10-11-25-24(15-22)27(20-4-3-5-23(30)14-20)33-28-34-35-36-38(25)28/h3-11,14-15,17-18,31,39H,12-13,16H2,1-2H3. The maximum atomic E-state index is 12.6. The van der Waals surface area contributed by atoms with Gasteiger partial charge in [0.05, 0.1) is 29.4 Å². The van der Waals surface area contributed by atoms with Gasteiger partial charge in [-0.05, 0) is 57.6 Å². The number of aromatic nitrogens is 7. The summed E-state index contributed by atoms with van der Waals surface area (Å²) in [4.78, 5) is 9.08. The lowest BCUT2D eigenvalue weighted by Gasteiger charge is -2.30. The molecule has 40 heavy (non-hydrogen) atoms. The predicted octanol–water partition coefficient (Wildman–Crippen LogP) is 4.46. The van der Waals surface area contributed by atoms with Crippen LogP contribution in [0.5, 0.6) is 0 Å². The average molecular weight is 571 g/mol. The number of imidazole rings is 1. The van der Waals surface area contributed by atoms with Crippen LogP contribution in [0.25, 0.3) is 27.9 Å². The third-order valence-corrected chi connectivity index (χ3v) is 7.88. The summed E-state index contributed by atoms with van der Waals surface area (Å²) in [6.07, 6.45) is 5.49. The Morgan fingerprint density at radius 3 is 2.62 bits per heavy atom. The molecule has 0 aliphatic carbocycles. The Morgan fingerprint density at radius 1 is 1.05 bits per heavy atom. The van der Waals surface area contributed by atoms with Crippen LogP contribution in [0.1, 0.15) is 22.4 Å². The van der Waals surface area contributed by atoms with Crippen molar-refractivity contribution in [2.45, 2.75) is 12.1 Å². The van der Waals surface area contributed by atoms with Gasteiger partial charge < -0.3 is 15.0 Å². The highest BCUT2D eigenvalue weighted by Crippen LogP contribution is 2.39. The molecule has 0 aliphatic rings. The van der Waals surface area contributed by atoms with Crippen LogP contribution >= 0.6 is 23.4 Å². The van der Waals surface area contributed by atoms with Crippen LogP contribution in [0.2, 0.25) is 5.02 Å². The Morgan fingerprint density at radius 2 is 1.88 bits per heavy atom. The molecule has 2 N–H and O–H groups in total. The number of nitrogens with zero attached hydrogens (tertiary/aromatic N) is 7. The molecule has 0 aliphatic heterocycles. The molecule has 3 heterocycles. The molecule has 202 valence electrons. The average Bonchev–Trinajstić information content (AvgIpc) is 3.64. The van der Waals surface area contributed by atoms with Crippen molar-refractivity contribution in [2.24, 2.45) is 7.05 Å². The molecule has 0 saturated carbocycles. The van der Waals surface area contributed by atoms with E-state index in [1.807, 2.05) is 90.1 Å². The molecule has 11 heteroatoms. The zero-order valence-corrected chi connectivity index (χ0v) is 23.6. The van der Waals surface area contributed by atoms with Gasteiger partial charge in [-0.2, -0.15) is 16.3 Å². The molecule has 0 saturated heterocycles. The summed E-state index contributed by atoms with van der Waals surface area (Å²) in [5.41, 5.74) is 3.92.